The second-order valence-electron chi connectivity index (χ2n) is 6.42. The van der Waals surface area contributed by atoms with Crippen LogP contribution in [0.15, 0.2) is 77.2 Å². The standard InChI is InChI=1S/C23H16ClNO3/c1-14-19-12-11-18(25-23(27)16-5-3-2-4-6-16)13-20(19)28-22(14)21(26)15-7-9-17(24)10-8-15/h2-13H,1H3,(H,25,27). The van der Waals surface area contributed by atoms with Gasteiger partial charge in [0.05, 0.1) is 0 Å². The minimum Gasteiger partial charge on any atom is -0.452 e. The Hall–Kier alpha value is -3.37. The summed E-state index contributed by atoms with van der Waals surface area (Å²) in [7, 11) is 0. The lowest BCUT2D eigenvalue weighted by Crippen LogP contribution is -2.11. The molecule has 5 heteroatoms. The van der Waals surface area contributed by atoms with Gasteiger partial charge >= 0.3 is 0 Å². The van der Waals surface area contributed by atoms with Gasteiger partial charge in [-0.05, 0) is 55.5 Å². The van der Waals surface area contributed by atoms with Crippen LogP contribution in [0.2, 0.25) is 5.02 Å². The molecule has 4 aromatic rings. The highest BCUT2D eigenvalue weighted by molar-refractivity contribution is 6.30. The molecule has 4 nitrogen and oxygen atoms in total. The van der Waals surface area contributed by atoms with Crippen molar-refractivity contribution < 1.29 is 14.0 Å². The van der Waals surface area contributed by atoms with Crippen molar-refractivity contribution in [2.24, 2.45) is 0 Å². The number of ketones is 1. The molecule has 138 valence electrons. The predicted molar refractivity (Wildman–Crippen MR) is 110 cm³/mol. The van der Waals surface area contributed by atoms with E-state index in [-0.39, 0.29) is 17.5 Å². The summed E-state index contributed by atoms with van der Waals surface area (Å²) in [6, 6.07) is 21.0. The summed E-state index contributed by atoms with van der Waals surface area (Å²) in [6.45, 7) is 1.84. The summed E-state index contributed by atoms with van der Waals surface area (Å²) < 4.78 is 5.84. The number of furan rings is 1. The second kappa shape index (κ2) is 7.33. The topological polar surface area (TPSA) is 59.3 Å². The lowest BCUT2D eigenvalue weighted by atomic mass is 10.0. The van der Waals surface area contributed by atoms with Crippen molar-refractivity contribution in [1.29, 1.82) is 0 Å². The maximum absolute atomic E-state index is 12.8. The van der Waals surface area contributed by atoms with E-state index in [4.69, 9.17) is 16.0 Å². The Kier molecular flexibility index (Phi) is 4.72. The molecular weight excluding hydrogens is 374 g/mol. The van der Waals surface area contributed by atoms with E-state index in [1.54, 1.807) is 48.5 Å². The van der Waals surface area contributed by atoms with Crippen molar-refractivity contribution in [3.8, 4) is 0 Å². The summed E-state index contributed by atoms with van der Waals surface area (Å²) in [5, 5.41) is 4.24. The Balaban J connectivity index is 1.65. The number of hydrogen-bond donors (Lipinski definition) is 1. The first-order chi connectivity index (χ1) is 13.5. The fraction of sp³-hybridized carbons (Fsp3) is 0.0435. The quantitative estimate of drug-likeness (QED) is 0.443. The van der Waals surface area contributed by atoms with E-state index in [9.17, 15) is 9.59 Å². The second-order valence-corrected chi connectivity index (χ2v) is 6.86. The Morgan fingerprint density at radius 1 is 0.893 bits per heavy atom. The van der Waals surface area contributed by atoms with Crippen molar-refractivity contribution >= 4 is 39.9 Å². The SMILES string of the molecule is Cc1c(C(=O)c2ccc(Cl)cc2)oc2cc(NC(=O)c3ccccc3)ccc12. The normalized spacial score (nSPS) is 10.8. The largest absolute Gasteiger partial charge is 0.452 e. The monoisotopic (exact) mass is 389 g/mol. The lowest BCUT2D eigenvalue weighted by Gasteiger charge is -2.05. The average molecular weight is 390 g/mol. The van der Waals surface area contributed by atoms with Crippen molar-refractivity contribution in [2.75, 3.05) is 5.32 Å². The Labute approximate surface area is 166 Å². The van der Waals surface area contributed by atoms with Crippen LogP contribution in [0.1, 0.15) is 32.0 Å². The number of rotatable bonds is 4. The van der Waals surface area contributed by atoms with E-state index in [1.807, 2.05) is 31.2 Å². The molecule has 4 rings (SSSR count). The molecule has 0 unspecified atom stereocenters. The highest BCUT2D eigenvalue weighted by Crippen LogP contribution is 2.29. The third-order valence-corrected chi connectivity index (χ3v) is 4.80. The van der Waals surface area contributed by atoms with Crippen molar-refractivity contribution in [3.05, 3.63) is 100 Å². The molecule has 28 heavy (non-hydrogen) atoms. The average Bonchev–Trinajstić information content (AvgIpc) is 3.04. The van der Waals surface area contributed by atoms with Gasteiger partial charge in [0.1, 0.15) is 5.58 Å². The fourth-order valence-electron chi connectivity index (χ4n) is 3.04. The number of hydrogen-bond acceptors (Lipinski definition) is 3. The van der Waals surface area contributed by atoms with E-state index in [1.165, 1.54) is 0 Å². The van der Waals surface area contributed by atoms with Crippen LogP contribution >= 0.6 is 11.6 Å². The van der Waals surface area contributed by atoms with Gasteiger partial charge in [0.25, 0.3) is 5.91 Å². The highest BCUT2D eigenvalue weighted by atomic mass is 35.5. The van der Waals surface area contributed by atoms with E-state index in [0.717, 1.165) is 10.9 Å². The molecular formula is C23H16ClNO3. The van der Waals surface area contributed by atoms with Crippen LogP contribution in [0, 0.1) is 6.92 Å². The molecule has 0 saturated heterocycles. The fourth-order valence-corrected chi connectivity index (χ4v) is 3.17. The third-order valence-electron chi connectivity index (χ3n) is 4.54. The number of anilines is 1. The van der Waals surface area contributed by atoms with Crippen LogP contribution in [0.25, 0.3) is 11.0 Å². The van der Waals surface area contributed by atoms with Crippen LogP contribution in [0.3, 0.4) is 0 Å². The number of carbonyl (C=O) groups excluding carboxylic acids is 2. The molecule has 3 aromatic carbocycles. The van der Waals surface area contributed by atoms with Gasteiger partial charge in [0.15, 0.2) is 5.76 Å². The van der Waals surface area contributed by atoms with Gasteiger partial charge in [-0.15, -0.1) is 0 Å². The van der Waals surface area contributed by atoms with Gasteiger partial charge in [-0.25, -0.2) is 0 Å². The lowest BCUT2D eigenvalue weighted by molar-refractivity contribution is 0.101. The summed E-state index contributed by atoms with van der Waals surface area (Å²) in [5.74, 6) is -0.134. The molecule has 0 radical (unpaired) electrons. The van der Waals surface area contributed by atoms with Gasteiger partial charge in [-0.1, -0.05) is 29.8 Å². The van der Waals surface area contributed by atoms with Crippen LogP contribution in [-0.4, -0.2) is 11.7 Å². The zero-order valence-electron chi connectivity index (χ0n) is 15.0. The zero-order chi connectivity index (χ0) is 19.7. The highest BCUT2D eigenvalue weighted by Gasteiger charge is 2.19. The third kappa shape index (κ3) is 3.42. The molecule has 0 bridgehead atoms. The van der Waals surface area contributed by atoms with Gasteiger partial charge < -0.3 is 9.73 Å². The smallest absolute Gasteiger partial charge is 0.255 e. The number of carbonyl (C=O) groups is 2. The summed E-state index contributed by atoms with van der Waals surface area (Å²) in [4.78, 5) is 25.1. The van der Waals surface area contributed by atoms with Crippen LogP contribution in [-0.2, 0) is 0 Å². The first-order valence-corrected chi connectivity index (χ1v) is 9.10. The summed E-state index contributed by atoms with van der Waals surface area (Å²) in [5.41, 5.74) is 2.97. The maximum atomic E-state index is 12.8. The molecule has 0 fully saturated rings. The number of halogens is 1. The first kappa shape index (κ1) is 18.0. The molecule has 0 aliphatic heterocycles. The van der Waals surface area contributed by atoms with Crippen molar-refractivity contribution in [3.63, 3.8) is 0 Å². The van der Waals surface area contributed by atoms with Gasteiger partial charge in [-0.2, -0.15) is 0 Å². The van der Waals surface area contributed by atoms with E-state index in [0.29, 0.717) is 27.4 Å². The van der Waals surface area contributed by atoms with E-state index >= 15 is 0 Å². The predicted octanol–water partition coefficient (Wildman–Crippen LogP) is 5.88. The maximum Gasteiger partial charge on any atom is 0.255 e. The zero-order valence-corrected chi connectivity index (χ0v) is 15.8. The molecule has 0 spiro atoms. The Morgan fingerprint density at radius 2 is 1.61 bits per heavy atom. The van der Waals surface area contributed by atoms with Crippen LogP contribution in [0.4, 0.5) is 5.69 Å². The molecule has 0 aliphatic carbocycles. The Bertz CT molecular complexity index is 1180. The molecule has 1 amide bonds. The molecule has 1 heterocycles. The first-order valence-electron chi connectivity index (χ1n) is 8.73. The molecule has 0 saturated carbocycles. The molecule has 0 atom stereocenters. The van der Waals surface area contributed by atoms with Crippen molar-refractivity contribution in [1.82, 2.24) is 0 Å². The van der Waals surface area contributed by atoms with E-state index in [2.05, 4.69) is 5.32 Å². The van der Waals surface area contributed by atoms with E-state index < -0.39 is 0 Å². The number of amides is 1. The number of fused-ring (bicyclic) bond motifs is 1. The number of aryl methyl sites for hydroxylation is 1. The van der Waals surface area contributed by atoms with Crippen molar-refractivity contribution in [2.45, 2.75) is 6.92 Å². The van der Waals surface area contributed by atoms with Gasteiger partial charge in [0.2, 0.25) is 5.78 Å². The van der Waals surface area contributed by atoms with Crippen LogP contribution < -0.4 is 5.32 Å². The molecule has 1 N–H and O–H groups in total. The molecule has 0 aliphatic rings. The minimum atomic E-state index is -0.208. The minimum absolute atomic E-state index is 0.208. The van der Waals surface area contributed by atoms with Gasteiger partial charge in [-0.3, -0.25) is 9.59 Å². The van der Waals surface area contributed by atoms with Crippen LogP contribution in [0.5, 0.6) is 0 Å². The summed E-state index contributed by atoms with van der Waals surface area (Å²) >= 11 is 5.89. The molecule has 1 aromatic heterocycles. The number of benzene rings is 3. The van der Waals surface area contributed by atoms with Gasteiger partial charge in [0, 0.05) is 38.9 Å². The number of nitrogens with one attached hydrogen (secondary N) is 1. The summed E-state index contributed by atoms with van der Waals surface area (Å²) in [6.07, 6.45) is 0. The Morgan fingerprint density at radius 3 is 2.32 bits per heavy atom.